The second kappa shape index (κ2) is 3.87. The van der Waals surface area contributed by atoms with E-state index in [0.717, 1.165) is 11.9 Å². The fourth-order valence-corrected chi connectivity index (χ4v) is 2.72. The van der Waals surface area contributed by atoms with E-state index in [2.05, 4.69) is 29.2 Å². The van der Waals surface area contributed by atoms with Crippen LogP contribution in [0.25, 0.3) is 10.9 Å². The molecule has 2 unspecified atom stereocenters. The van der Waals surface area contributed by atoms with Crippen LogP contribution in [0.4, 0.5) is 0 Å². The summed E-state index contributed by atoms with van der Waals surface area (Å²) in [4.78, 5) is 4.40. The first-order valence-corrected chi connectivity index (χ1v) is 5.95. The predicted molar refractivity (Wildman–Crippen MR) is 66.3 cm³/mol. The Bertz CT molecular complexity index is 507. The van der Waals surface area contributed by atoms with E-state index in [0.29, 0.717) is 12.0 Å². The molecule has 0 radical (unpaired) electrons. The molecule has 1 saturated carbocycles. The minimum absolute atomic E-state index is 0.334. The van der Waals surface area contributed by atoms with Crippen molar-refractivity contribution in [3.63, 3.8) is 0 Å². The fraction of sp³-hybridized carbons (Fsp3) is 0.357. The summed E-state index contributed by atoms with van der Waals surface area (Å²) in [6.45, 7) is 0. The van der Waals surface area contributed by atoms with Gasteiger partial charge in [-0.25, -0.2) is 0 Å². The molecule has 1 heterocycles. The summed E-state index contributed by atoms with van der Waals surface area (Å²) in [6, 6.07) is 11.0. The van der Waals surface area contributed by atoms with E-state index < -0.39 is 0 Å². The van der Waals surface area contributed by atoms with Crippen molar-refractivity contribution >= 4 is 10.9 Å². The SMILES string of the molecule is NC1CCCC1c1ccc2cccnc2c1. The zero-order valence-corrected chi connectivity index (χ0v) is 9.26. The lowest BCUT2D eigenvalue weighted by Gasteiger charge is -2.15. The Kier molecular flexibility index (Phi) is 2.37. The Balaban J connectivity index is 2.04. The van der Waals surface area contributed by atoms with Crippen LogP contribution in [0.15, 0.2) is 36.5 Å². The first-order valence-electron chi connectivity index (χ1n) is 5.95. The second-order valence-electron chi connectivity index (χ2n) is 4.66. The highest BCUT2D eigenvalue weighted by Gasteiger charge is 2.25. The summed E-state index contributed by atoms with van der Waals surface area (Å²) in [7, 11) is 0. The number of hydrogen-bond donors (Lipinski definition) is 1. The van der Waals surface area contributed by atoms with Gasteiger partial charge in [0.2, 0.25) is 0 Å². The first kappa shape index (κ1) is 9.79. The molecular formula is C14H16N2. The van der Waals surface area contributed by atoms with Crippen LogP contribution < -0.4 is 5.73 Å². The van der Waals surface area contributed by atoms with Crippen molar-refractivity contribution in [3.8, 4) is 0 Å². The molecule has 1 aliphatic rings. The van der Waals surface area contributed by atoms with E-state index in [9.17, 15) is 0 Å². The van der Waals surface area contributed by atoms with Gasteiger partial charge in [0.15, 0.2) is 0 Å². The Morgan fingerprint density at radius 1 is 1.19 bits per heavy atom. The summed E-state index contributed by atoms with van der Waals surface area (Å²) in [5, 5.41) is 1.21. The lowest BCUT2D eigenvalue weighted by atomic mass is 9.94. The molecule has 2 atom stereocenters. The predicted octanol–water partition coefficient (Wildman–Crippen LogP) is 2.83. The van der Waals surface area contributed by atoms with Gasteiger partial charge in [-0.1, -0.05) is 24.6 Å². The van der Waals surface area contributed by atoms with Gasteiger partial charge < -0.3 is 5.73 Å². The molecule has 2 N–H and O–H groups in total. The third kappa shape index (κ3) is 1.59. The average Bonchev–Trinajstić information content (AvgIpc) is 2.75. The van der Waals surface area contributed by atoms with E-state index in [1.54, 1.807) is 0 Å². The molecule has 2 aromatic rings. The van der Waals surface area contributed by atoms with Crippen LogP contribution in [-0.2, 0) is 0 Å². The number of aromatic nitrogens is 1. The molecule has 82 valence electrons. The Morgan fingerprint density at radius 2 is 2.12 bits per heavy atom. The number of benzene rings is 1. The number of hydrogen-bond acceptors (Lipinski definition) is 2. The molecular weight excluding hydrogens is 196 g/mol. The molecule has 1 aromatic heterocycles. The molecule has 1 aromatic carbocycles. The van der Waals surface area contributed by atoms with Crippen LogP contribution in [0.3, 0.4) is 0 Å². The second-order valence-corrected chi connectivity index (χ2v) is 4.66. The normalized spacial score (nSPS) is 25.1. The summed E-state index contributed by atoms with van der Waals surface area (Å²) in [6.07, 6.45) is 5.48. The Labute approximate surface area is 95.5 Å². The van der Waals surface area contributed by atoms with Gasteiger partial charge in [-0.3, -0.25) is 4.98 Å². The Hall–Kier alpha value is -1.41. The molecule has 3 rings (SSSR count). The van der Waals surface area contributed by atoms with Crippen molar-refractivity contribution in [1.29, 1.82) is 0 Å². The lowest BCUT2D eigenvalue weighted by molar-refractivity contribution is 0.613. The number of rotatable bonds is 1. The summed E-state index contributed by atoms with van der Waals surface area (Å²) in [5.74, 6) is 0.534. The van der Waals surface area contributed by atoms with Crippen molar-refractivity contribution in [2.45, 2.75) is 31.2 Å². The molecule has 0 amide bonds. The van der Waals surface area contributed by atoms with Crippen molar-refractivity contribution in [1.82, 2.24) is 4.98 Å². The van der Waals surface area contributed by atoms with E-state index in [4.69, 9.17) is 5.73 Å². The summed E-state index contributed by atoms with van der Waals surface area (Å²) < 4.78 is 0. The highest BCUT2D eigenvalue weighted by atomic mass is 14.7. The van der Waals surface area contributed by atoms with Crippen LogP contribution in [0.2, 0.25) is 0 Å². The largest absolute Gasteiger partial charge is 0.327 e. The highest BCUT2D eigenvalue weighted by Crippen LogP contribution is 2.34. The zero-order chi connectivity index (χ0) is 11.0. The van der Waals surface area contributed by atoms with Crippen molar-refractivity contribution in [2.75, 3.05) is 0 Å². The van der Waals surface area contributed by atoms with Crippen LogP contribution >= 0.6 is 0 Å². The maximum atomic E-state index is 6.13. The van der Waals surface area contributed by atoms with Crippen LogP contribution in [-0.4, -0.2) is 11.0 Å². The van der Waals surface area contributed by atoms with E-state index >= 15 is 0 Å². The van der Waals surface area contributed by atoms with Gasteiger partial charge >= 0.3 is 0 Å². The molecule has 1 aliphatic carbocycles. The fourth-order valence-electron chi connectivity index (χ4n) is 2.72. The van der Waals surface area contributed by atoms with Gasteiger partial charge in [0.25, 0.3) is 0 Å². The van der Waals surface area contributed by atoms with Crippen molar-refractivity contribution < 1.29 is 0 Å². The highest BCUT2D eigenvalue weighted by molar-refractivity contribution is 5.79. The molecule has 0 bridgehead atoms. The number of nitrogens with zero attached hydrogens (tertiary/aromatic N) is 1. The van der Waals surface area contributed by atoms with Gasteiger partial charge in [0.05, 0.1) is 5.52 Å². The Morgan fingerprint density at radius 3 is 2.94 bits per heavy atom. The summed E-state index contributed by atoms with van der Waals surface area (Å²) in [5.41, 5.74) is 8.57. The molecule has 2 nitrogen and oxygen atoms in total. The van der Waals surface area contributed by atoms with E-state index in [1.165, 1.54) is 23.8 Å². The maximum absolute atomic E-state index is 6.13. The molecule has 0 saturated heterocycles. The maximum Gasteiger partial charge on any atom is 0.0704 e. The molecule has 0 spiro atoms. The lowest BCUT2D eigenvalue weighted by Crippen LogP contribution is -2.22. The standard InChI is InChI=1S/C14H16N2/c15-13-5-1-4-12(13)11-7-6-10-3-2-8-16-14(10)9-11/h2-3,6-9,12-13H,1,4-5,15H2. The van der Waals surface area contributed by atoms with Gasteiger partial charge in [-0.15, -0.1) is 0 Å². The van der Waals surface area contributed by atoms with Gasteiger partial charge in [-0.05, 0) is 36.5 Å². The minimum atomic E-state index is 0.334. The smallest absolute Gasteiger partial charge is 0.0704 e. The van der Waals surface area contributed by atoms with Gasteiger partial charge in [0.1, 0.15) is 0 Å². The van der Waals surface area contributed by atoms with E-state index in [-0.39, 0.29) is 0 Å². The monoisotopic (exact) mass is 212 g/mol. The van der Waals surface area contributed by atoms with Crippen LogP contribution in [0, 0.1) is 0 Å². The minimum Gasteiger partial charge on any atom is -0.327 e. The summed E-state index contributed by atoms with van der Waals surface area (Å²) >= 11 is 0. The average molecular weight is 212 g/mol. The molecule has 1 fully saturated rings. The van der Waals surface area contributed by atoms with Crippen LogP contribution in [0.1, 0.15) is 30.7 Å². The third-order valence-electron chi connectivity index (χ3n) is 3.63. The number of pyridine rings is 1. The molecule has 0 aliphatic heterocycles. The van der Waals surface area contributed by atoms with Crippen molar-refractivity contribution in [3.05, 3.63) is 42.1 Å². The quantitative estimate of drug-likeness (QED) is 0.789. The van der Waals surface area contributed by atoms with Gasteiger partial charge in [0, 0.05) is 17.6 Å². The third-order valence-corrected chi connectivity index (χ3v) is 3.63. The number of fused-ring (bicyclic) bond motifs is 1. The van der Waals surface area contributed by atoms with Crippen molar-refractivity contribution in [2.24, 2.45) is 5.73 Å². The van der Waals surface area contributed by atoms with E-state index in [1.807, 2.05) is 12.3 Å². The first-order chi connectivity index (χ1) is 7.84. The molecule has 2 heteroatoms. The number of nitrogens with two attached hydrogens (primary N) is 1. The molecule has 16 heavy (non-hydrogen) atoms. The topological polar surface area (TPSA) is 38.9 Å². The van der Waals surface area contributed by atoms with Crippen LogP contribution in [0.5, 0.6) is 0 Å². The van der Waals surface area contributed by atoms with Gasteiger partial charge in [-0.2, -0.15) is 0 Å². The zero-order valence-electron chi connectivity index (χ0n) is 9.26.